The molecule has 0 saturated carbocycles. The molecule has 0 atom stereocenters. The first-order valence-electron chi connectivity index (χ1n) is 7.10. The number of halogens is 3. The fourth-order valence-electron chi connectivity index (χ4n) is 2.36. The Morgan fingerprint density at radius 1 is 1.09 bits per heavy atom. The fraction of sp³-hybridized carbons (Fsp3) is 0.429. The Bertz CT molecular complexity index is 644. The van der Waals surface area contributed by atoms with Crippen LogP contribution in [0.1, 0.15) is 18.5 Å². The van der Waals surface area contributed by atoms with E-state index in [0.29, 0.717) is 25.9 Å². The molecular weight excluding hydrogens is 311 g/mol. The first kappa shape index (κ1) is 15.4. The van der Waals surface area contributed by atoms with Gasteiger partial charge in [0.25, 0.3) is 0 Å². The molecule has 9 heteroatoms. The van der Waals surface area contributed by atoms with Gasteiger partial charge in [0.05, 0.1) is 6.20 Å². The van der Waals surface area contributed by atoms with Gasteiger partial charge in [0.2, 0.25) is 0 Å². The van der Waals surface area contributed by atoms with Crippen LogP contribution in [0.15, 0.2) is 30.9 Å². The van der Waals surface area contributed by atoms with E-state index in [0.717, 1.165) is 18.1 Å². The minimum Gasteiger partial charge on any atom is -0.460 e. The van der Waals surface area contributed by atoms with Crippen LogP contribution in [0.2, 0.25) is 0 Å². The first-order valence-corrected chi connectivity index (χ1v) is 7.10. The van der Waals surface area contributed by atoms with E-state index in [1.54, 1.807) is 18.6 Å². The van der Waals surface area contributed by atoms with Crippen LogP contribution in [0.25, 0.3) is 0 Å². The summed E-state index contributed by atoms with van der Waals surface area (Å²) < 4.78 is 43.4. The van der Waals surface area contributed by atoms with E-state index in [1.165, 1.54) is 0 Å². The van der Waals surface area contributed by atoms with Crippen molar-refractivity contribution in [2.75, 3.05) is 18.0 Å². The number of piperidine rings is 1. The summed E-state index contributed by atoms with van der Waals surface area (Å²) in [5, 5.41) is 0. The fourth-order valence-corrected chi connectivity index (χ4v) is 2.36. The lowest BCUT2D eigenvalue weighted by atomic mass is 10.1. The maximum atomic E-state index is 12.6. The van der Waals surface area contributed by atoms with E-state index in [9.17, 15) is 13.2 Å². The molecule has 0 radical (unpaired) electrons. The number of hydrogen-bond acceptors (Lipinski definition) is 6. The maximum absolute atomic E-state index is 12.6. The Balaban J connectivity index is 1.59. The molecule has 1 fully saturated rings. The van der Waals surface area contributed by atoms with Crippen LogP contribution >= 0.6 is 0 Å². The normalized spacial score (nSPS) is 16.4. The van der Waals surface area contributed by atoms with Crippen LogP contribution in [0.3, 0.4) is 0 Å². The minimum absolute atomic E-state index is 0.216. The lowest BCUT2D eigenvalue weighted by Gasteiger charge is -2.32. The van der Waals surface area contributed by atoms with Gasteiger partial charge in [0.15, 0.2) is 5.69 Å². The minimum atomic E-state index is -4.50. The van der Waals surface area contributed by atoms with E-state index in [4.69, 9.17) is 4.74 Å². The molecule has 0 aromatic carbocycles. The number of aromatic nitrogens is 4. The Hall–Kier alpha value is -2.45. The highest BCUT2D eigenvalue weighted by Crippen LogP contribution is 2.28. The molecular formula is C14H14F3N5O. The third-order valence-electron chi connectivity index (χ3n) is 3.51. The van der Waals surface area contributed by atoms with Gasteiger partial charge in [-0.05, 0) is 6.07 Å². The van der Waals surface area contributed by atoms with Gasteiger partial charge in [-0.15, -0.1) is 0 Å². The van der Waals surface area contributed by atoms with Crippen LogP contribution in [0.4, 0.5) is 19.0 Å². The number of ether oxygens (including phenoxy) is 1. The first-order chi connectivity index (χ1) is 11.0. The Morgan fingerprint density at radius 3 is 2.52 bits per heavy atom. The summed E-state index contributed by atoms with van der Waals surface area (Å²) >= 11 is 0. The molecule has 0 bridgehead atoms. The third-order valence-corrected chi connectivity index (χ3v) is 3.51. The zero-order valence-corrected chi connectivity index (χ0v) is 12.1. The summed E-state index contributed by atoms with van der Waals surface area (Å²) in [5.74, 6) is 0.779. The van der Waals surface area contributed by atoms with Crippen molar-refractivity contribution in [1.82, 2.24) is 19.9 Å². The molecule has 0 amide bonds. The van der Waals surface area contributed by atoms with E-state index in [-0.39, 0.29) is 12.1 Å². The lowest BCUT2D eigenvalue weighted by Crippen LogP contribution is -2.39. The van der Waals surface area contributed by atoms with Gasteiger partial charge in [-0.3, -0.25) is 4.98 Å². The monoisotopic (exact) mass is 325 g/mol. The van der Waals surface area contributed by atoms with Crippen LogP contribution in [-0.2, 0) is 6.18 Å². The van der Waals surface area contributed by atoms with E-state index in [1.807, 2.05) is 0 Å². The second-order valence-corrected chi connectivity index (χ2v) is 5.09. The van der Waals surface area contributed by atoms with Crippen LogP contribution in [-0.4, -0.2) is 39.1 Å². The standard InChI is InChI=1S/C14H14F3N5O/c15-14(16,17)11-1-4-20-13(21-11)23-10-2-7-22(8-3-10)12-9-18-5-6-19-12/h1,4-6,9-10H,2-3,7-8H2. The summed E-state index contributed by atoms with van der Waals surface area (Å²) in [6.45, 7) is 1.37. The molecule has 0 N–H and O–H groups in total. The summed E-state index contributed by atoms with van der Waals surface area (Å²) in [4.78, 5) is 17.5. The third kappa shape index (κ3) is 3.85. The van der Waals surface area contributed by atoms with E-state index < -0.39 is 11.9 Å². The molecule has 3 heterocycles. The molecule has 0 aliphatic carbocycles. The molecule has 3 rings (SSSR count). The second kappa shape index (κ2) is 6.35. The molecule has 122 valence electrons. The van der Waals surface area contributed by atoms with Gasteiger partial charge >= 0.3 is 12.2 Å². The molecule has 0 unspecified atom stereocenters. The summed E-state index contributed by atoms with van der Waals surface area (Å²) in [6, 6.07) is 0.585. The van der Waals surface area contributed by atoms with Gasteiger partial charge in [0.1, 0.15) is 11.9 Å². The Labute approximate surface area is 130 Å². The van der Waals surface area contributed by atoms with Gasteiger partial charge in [0, 0.05) is 44.5 Å². The highest BCUT2D eigenvalue weighted by Gasteiger charge is 2.33. The highest BCUT2D eigenvalue weighted by atomic mass is 19.4. The van der Waals surface area contributed by atoms with Gasteiger partial charge in [-0.25, -0.2) is 9.97 Å². The van der Waals surface area contributed by atoms with Crippen LogP contribution in [0.5, 0.6) is 6.01 Å². The van der Waals surface area contributed by atoms with Crippen molar-refractivity contribution in [2.45, 2.75) is 25.1 Å². The number of hydrogen-bond donors (Lipinski definition) is 0. The zero-order chi connectivity index (χ0) is 16.3. The summed E-state index contributed by atoms with van der Waals surface area (Å²) in [5.41, 5.74) is -1.00. The number of nitrogens with zero attached hydrogens (tertiary/aromatic N) is 5. The van der Waals surface area contributed by atoms with Crippen molar-refractivity contribution in [3.05, 3.63) is 36.5 Å². The van der Waals surface area contributed by atoms with Crippen LogP contribution in [0, 0.1) is 0 Å². The van der Waals surface area contributed by atoms with Crippen molar-refractivity contribution < 1.29 is 17.9 Å². The molecule has 2 aromatic heterocycles. The van der Waals surface area contributed by atoms with Gasteiger partial charge in [-0.1, -0.05) is 0 Å². The molecule has 1 aliphatic heterocycles. The van der Waals surface area contributed by atoms with Crippen molar-refractivity contribution in [3.8, 4) is 6.01 Å². The van der Waals surface area contributed by atoms with Crippen molar-refractivity contribution in [1.29, 1.82) is 0 Å². The quantitative estimate of drug-likeness (QED) is 0.863. The van der Waals surface area contributed by atoms with Gasteiger partial charge < -0.3 is 9.64 Å². The predicted molar refractivity (Wildman–Crippen MR) is 74.9 cm³/mol. The summed E-state index contributed by atoms with van der Waals surface area (Å²) in [6.07, 6.45) is 2.53. The SMILES string of the molecule is FC(F)(F)c1ccnc(OC2CCN(c3cnccn3)CC2)n1. The Kier molecular flexibility index (Phi) is 4.26. The van der Waals surface area contributed by atoms with E-state index >= 15 is 0 Å². The largest absolute Gasteiger partial charge is 0.460 e. The number of alkyl halides is 3. The van der Waals surface area contributed by atoms with Crippen LogP contribution < -0.4 is 9.64 Å². The predicted octanol–water partition coefficient (Wildman–Crippen LogP) is 2.33. The molecule has 6 nitrogen and oxygen atoms in total. The molecule has 23 heavy (non-hydrogen) atoms. The molecule has 1 aliphatic rings. The lowest BCUT2D eigenvalue weighted by molar-refractivity contribution is -0.141. The highest BCUT2D eigenvalue weighted by molar-refractivity contribution is 5.35. The smallest absolute Gasteiger partial charge is 0.433 e. The maximum Gasteiger partial charge on any atom is 0.433 e. The van der Waals surface area contributed by atoms with Crippen molar-refractivity contribution >= 4 is 5.82 Å². The number of anilines is 1. The average molecular weight is 325 g/mol. The molecule has 2 aromatic rings. The summed E-state index contributed by atoms with van der Waals surface area (Å²) in [7, 11) is 0. The van der Waals surface area contributed by atoms with Crippen molar-refractivity contribution in [3.63, 3.8) is 0 Å². The molecule has 0 spiro atoms. The molecule has 1 saturated heterocycles. The number of rotatable bonds is 3. The second-order valence-electron chi connectivity index (χ2n) is 5.09. The zero-order valence-electron chi connectivity index (χ0n) is 12.1. The van der Waals surface area contributed by atoms with E-state index in [2.05, 4.69) is 24.8 Å². The topological polar surface area (TPSA) is 64.0 Å². The Morgan fingerprint density at radius 2 is 1.87 bits per heavy atom. The van der Waals surface area contributed by atoms with Crippen molar-refractivity contribution in [2.24, 2.45) is 0 Å². The van der Waals surface area contributed by atoms with Gasteiger partial charge in [-0.2, -0.15) is 18.2 Å². The average Bonchev–Trinajstić information content (AvgIpc) is 2.56.